The van der Waals surface area contributed by atoms with Gasteiger partial charge in [-0.2, -0.15) is 0 Å². The van der Waals surface area contributed by atoms with Gasteiger partial charge in [-0.15, -0.1) is 5.10 Å². The molecule has 4 nitrogen and oxygen atoms in total. The lowest BCUT2D eigenvalue weighted by Gasteiger charge is -2.10. The molecule has 1 heterocycles. The van der Waals surface area contributed by atoms with Crippen molar-refractivity contribution in [2.24, 2.45) is 5.92 Å². The number of aromatic nitrogens is 3. The van der Waals surface area contributed by atoms with Crippen molar-refractivity contribution in [3.05, 3.63) is 40.1 Å². The number of nitrogens with one attached hydrogen (secondary N) is 1. The standard InChI is InChI=1S/C13H15BrF2N4/c1-8(2)5-17-6-9-7-18-19-20(9)13-4-11(15)10(14)3-12(13)16/h3-4,7-8,17H,5-6H2,1-2H3. The van der Waals surface area contributed by atoms with Crippen LogP contribution in [0.1, 0.15) is 19.5 Å². The molecule has 20 heavy (non-hydrogen) atoms. The Morgan fingerprint density at radius 3 is 2.75 bits per heavy atom. The summed E-state index contributed by atoms with van der Waals surface area (Å²) >= 11 is 2.95. The first-order valence-corrected chi connectivity index (χ1v) is 7.03. The Morgan fingerprint density at radius 1 is 1.30 bits per heavy atom. The summed E-state index contributed by atoms with van der Waals surface area (Å²) < 4.78 is 28.9. The number of hydrogen-bond acceptors (Lipinski definition) is 3. The van der Waals surface area contributed by atoms with Crippen LogP contribution < -0.4 is 5.32 Å². The van der Waals surface area contributed by atoms with Crippen molar-refractivity contribution >= 4 is 15.9 Å². The number of hydrogen-bond donors (Lipinski definition) is 1. The second kappa shape index (κ2) is 6.41. The number of rotatable bonds is 5. The highest BCUT2D eigenvalue weighted by molar-refractivity contribution is 9.10. The van der Waals surface area contributed by atoms with Gasteiger partial charge in [-0.3, -0.25) is 0 Å². The lowest BCUT2D eigenvalue weighted by atomic mass is 10.2. The maximum Gasteiger partial charge on any atom is 0.150 e. The fourth-order valence-electron chi connectivity index (χ4n) is 1.74. The largest absolute Gasteiger partial charge is 0.311 e. The predicted octanol–water partition coefficient (Wildman–Crippen LogP) is 3.05. The molecule has 0 atom stereocenters. The molecule has 0 bridgehead atoms. The van der Waals surface area contributed by atoms with Gasteiger partial charge in [0.05, 0.1) is 16.4 Å². The normalized spacial score (nSPS) is 11.3. The molecule has 2 aromatic rings. The number of benzene rings is 1. The zero-order valence-corrected chi connectivity index (χ0v) is 12.8. The van der Waals surface area contributed by atoms with Crippen LogP contribution in [0.25, 0.3) is 5.69 Å². The minimum absolute atomic E-state index is 0.0459. The van der Waals surface area contributed by atoms with Gasteiger partial charge in [-0.25, -0.2) is 13.5 Å². The van der Waals surface area contributed by atoms with E-state index in [1.165, 1.54) is 10.9 Å². The zero-order chi connectivity index (χ0) is 14.7. The van der Waals surface area contributed by atoms with E-state index in [0.717, 1.165) is 18.7 Å². The molecule has 0 unspecified atom stereocenters. The first-order valence-electron chi connectivity index (χ1n) is 6.24. The molecule has 0 aliphatic carbocycles. The van der Waals surface area contributed by atoms with Crippen LogP contribution in [-0.4, -0.2) is 21.5 Å². The minimum Gasteiger partial charge on any atom is -0.311 e. The van der Waals surface area contributed by atoms with Crippen LogP contribution in [0.4, 0.5) is 8.78 Å². The van der Waals surface area contributed by atoms with E-state index in [-0.39, 0.29) is 10.2 Å². The molecule has 2 rings (SSSR count). The third-order valence-electron chi connectivity index (χ3n) is 2.70. The molecule has 7 heteroatoms. The topological polar surface area (TPSA) is 42.7 Å². The molecule has 0 saturated carbocycles. The zero-order valence-electron chi connectivity index (χ0n) is 11.2. The van der Waals surface area contributed by atoms with Crippen LogP contribution in [0.5, 0.6) is 0 Å². The van der Waals surface area contributed by atoms with Gasteiger partial charge >= 0.3 is 0 Å². The van der Waals surface area contributed by atoms with Crippen molar-refractivity contribution in [1.29, 1.82) is 0 Å². The number of nitrogens with zero attached hydrogens (tertiary/aromatic N) is 3. The summed E-state index contributed by atoms with van der Waals surface area (Å²) in [4.78, 5) is 0. The molecule has 0 aliphatic heterocycles. The van der Waals surface area contributed by atoms with Gasteiger partial charge in [-0.1, -0.05) is 19.1 Å². The molecule has 0 amide bonds. The van der Waals surface area contributed by atoms with Crippen molar-refractivity contribution < 1.29 is 8.78 Å². The summed E-state index contributed by atoms with van der Waals surface area (Å²) in [6.07, 6.45) is 1.53. The summed E-state index contributed by atoms with van der Waals surface area (Å²) in [5.41, 5.74) is 0.718. The Bertz CT molecular complexity index is 598. The fourth-order valence-corrected chi connectivity index (χ4v) is 2.06. The molecule has 0 radical (unpaired) electrons. The van der Waals surface area contributed by atoms with Gasteiger partial charge in [0, 0.05) is 12.6 Å². The van der Waals surface area contributed by atoms with Crippen LogP contribution >= 0.6 is 15.9 Å². The average Bonchev–Trinajstić information content (AvgIpc) is 2.81. The summed E-state index contributed by atoms with van der Waals surface area (Å²) in [6.45, 7) is 5.49. The monoisotopic (exact) mass is 344 g/mol. The molecule has 1 N–H and O–H groups in total. The predicted molar refractivity (Wildman–Crippen MR) is 75.5 cm³/mol. The number of halogens is 3. The van der Waals surface area contributed by atoms with Gasteiger partial charge < -0.3 is 5.32 Å². The van der Waals surface area contributed by atoms with E-state index in [9.17, 15) is 8.78 Å². The smallest absolute Gasteiger partial charge is 0.150 e. The van der Waals surface area contributed by atoms with Crippen LogP contribution in [-0.2, 0) is 6.54 Å². The van der Waals surface area contributed by atoms with E-state index in [1.54, 1.807) is 0 Å². The van der Waals surface area contributed by atoms with E-state index in [1.807, 2.05) is 0 Å². The van der Waals surface area contributed by atoms with E-state index >= 15 is 0 Å². The highest BCUT2D eigenvalue weighted by Gasteiger charge is 2.14. The summed E-state index contributed by atoms with van der Waals surface area (Å²) in [6, 6.07) is 2.18. The Balaban J connectivity index is 2.25. The van der Waals surface area contributed by atoms with Crippen molar-refractivity contribution in [2.75, 3.05) is 6.54 Å². The molecule has 0 saturated heterocycles. The van der Waals surface area contributed by atoms with Crippen LogP contribution in [0.3, 0.4) is 0 Å². The van der Waals surface area contributed by atoms with Crippen molar-refractivity contribution in [3.8, 4) is 5.69 Å². The van der Waals surface area contributed by atoms with Crippen molar-refractivity contribution in [3.63, 3.8) is 0 Å². The Morgan fingerprint density at radius 2 is 2.05 bits per heavy atom. The average molecular weight is 345 g/mol. The summed E-state index contributed by atoms with van der Waals surface area (Å²) in [5, 5.41) is 10.8. The first-order chi connectivity index (χ1) is 9.49. The van der Waals surface area contributed by atoms with Gasteiger partial charge in [0.2, 0.25) is 0 Å². The van der Waals surface area contributed by atoms with Crippen molar-refractivity contribution in [1.82, 2.24) is 20.3 Å². The SMILES string of the molecule is CC(C)CNCc1cnnn1-c1cc(F)c(Br)cc1F. The van der Waals surface area contributed by atoms with Crippen LogP contribution in [0, 0.1) is 17.6 Å². The molecular weight excluding hydrogens is 330 g/mol. The second-order valence-electron chi connectivity index (χ2n) is 4.88. The first kappa shape index (κ1) is 15.1. The molecule has 108 valence electrons. The lowest BCUT2D eigenvalue weighted by Crippen LogP contribution is -2.21. The van der Waals surface area contributed by atoms with Gasteiger partial charge in [0.15, 0.2) is 0 Å². The molecule has 1 aromatic carbocycles. The second-order valence-corrected chi connectivity index (χ2v) is 5.73. The highest BCUT2D eigenvalue weighted by atomic mass is 79.9. The van der Waals surface area contributed by atoms with Gasteiger partial charge in [0.25, 0.3) is 0 Å². The summed E-state index contributed by atoms with van der Waals surface area (Å²) in [7, 11) is 0. The van der Waals surface area contributed by atoms with E-state index < -0.39 is 11.6 Å². The Hall–Kier alpha value is -1.34. The molecule has 1 aromatic heterocycles. The van der Waals surface area contributed by atoms with Crippen LogP contribution in [0.2, 0.25) is 0 Å². The van der Waals surface area contributed by atoms with E-state index in [0.29, 0.717) is 18.2 Å². The van der Waals surface area contributed by atoms with Crippen LogP contribution in [0.15, 0.2) is 22.8 Å². The lowest BCUT2D eigenvalue weighted by molar-refractivity contribution is 0.536. The molecule has 0 fully saturated rings. The van der Waals surface area contributed by atoms with Crippen molar-refractivity contribution in [2.45, 2.75) is 20.4 Å². The minimum atomic E-state index is -0.561. The van der Waals surface area contributed by atoms with Gasteiger partial charge in [0.1, 0.15) is 17.3 Å². The Kier molecular flexibility index (Phi) is 4.82. The molecule has 0 spiro atoms. The fraction of sp³-hybridized carbons (Fsp3) is 0.385. The van der Waals surface area contributed by atoms with E-state index in [4.69, 9.17) is 0 Å². The maximum absolute atomic E-state index is 13.9. The third kappa shape index (κ3) is 3.40. The maximum atomic E-state index is 13.9. The third-order valence-corrected chi connectivity index (χ3v) is 3.30. The highest BCUT2D eigenvalue weighted by Crippen LogP contribution is 2.22. The van der Waals surface area contributed by atoms with E-state index in [2.05, 4.69) is 45.4 Å². The Labute approximate surface area is 124 Å². The molecule has 0 aliphatic rings. The quantitative estimate of drug-likeness (QED) is 0.847. The summed E-state index contributed by atoms with van der Waals surface area (Å²) in [5.74, 6) is -0.604. The van der Waals surface area contributed by atoms with Gasteiger partial charge in [-0.05, 0) is 34.5 Å². The molecular formula is C13H15BrF2N4.